The predicted molar refractivity (Wildman–Crippen MR) is 187 cm³/mol. The highest BCUT2D eigenvalue weighted by atomic mass is 32.3. The van der Waals surface area contributed by atoms with Crippen LogP contribution in [0.15, 0.2) is 0 Å². The summed E-state index contributed by atoms with van der Waals surface area (Å²) in [6, 6.07) is 0. The number of rotatable bonds is 36. The Labute approximate surface area is 278 Å². The number of aliphatic hydroxyl groups is 1. The molecule has 0 bridgehead atoms. The van der Waals surface area contributed by atoms with Crippen molar-refractivity contribution in [2.75, 3.05) is 19.8 Å². The van der Waals surface area contributed by atoms with Crippen molar-refractivity contribution in [1.29, 1.82) is 0 Å². The molecule has 0 aromatic heterocycles. The van der Waals surface area contributed by atoms with Gasteiger partial charge in [-0.2, -0.15) is 8.42 Å². The molecule has 0 rings (SSSR count). The summed E-state index contributed by atoms with van der Waals surface area (Å²) >= 11 is 0. The zero-order valence-corrected chi connectivity index (χ0v) is 30.3. The second kappa shape index (κ2) is 34.5. The normalized spacial score (nSPS) is 11.6. The Morgan fingerprint density at radius 2 is 0.800 bits per heavy atom. The molecule has 0 fully saturated rings. The molecule has 0 aliphatic carbocycles. The van der Waals surface area contributed by atoms with E-state index < -0.39 is 36.1 Å². The summed E-state index contributed by atoms with van der Waals surface area (Å²) in [5.41, 5.74) is 0. The highest BCUT2D eigenvalue weighted by Gasteiger charge is 2.28. The molecule has 9 heteroatoms. The molecule has 0 aromatic carbocycles. The van der Waals surface area contributed by atoms with Gasteiger partial charge in [-0.25, -0.2) is 8.37 Å². The Bertz CT molecular complexity index is 719. The fourth-order valence-corrected chi connectivity index (χ4v) is 6.32. The van der Waals surface area contributed by atoms with Crippen molar-refractivity contribution in [3.63, 3.8) is 0 Å². The van der Waals surface area contributed by atoms with Crippen LogP contribution in [-0.4, -0.2) is 44.9 Å². The zero-order chi connectivity index (χ0) is 32.6. The van der Waals surface area contributed by atoms with E-state index >= 15 is 0 Å². The van der Waals surface area contributed by atoms with Crippen LogP contribution < -0.4 is 6.15 Å². The Hall–Kier alpha value is -0.870. The summed E-state index contributed by atoms with van der Waals surface area (Å²) in [4.78, 5) is 25.9. The fourth-order valence-electron chi connectivity index (χ4n) is 5.67. The summed E-state index contributed by atoms with van der Waals surface area (Å²) in [5.74, 6) is -1.58. The number of aliphatic hydroxyl groups excluding tert-OH is 1. The third kappa shape index (κ3) is 31.5. The number of carbonyl (C=O) groups is 2. The number of hydrogen-bond donors (Lipinski definition) is 2. The van der Waals surface area contributed by atoms with Gasteiger partial charge >= 0.3 is 10.4 Å². The second-order valence-corrected chi connectivity index (χ2v) is 14.0. The zero-order valence-electron chi connectivity index (χ0n) is 29.5. The van der Waals surface area contributed by atoms with Crippen LogP contribution in [0.2, 0.25) is 0 Å². The largest absolute Gasteiger partial charge is 0.399 e. The van der Waals surface area contributed by atoms with E-state index in [-0.39, 0.29) is 30.6 Å². The molecular formula is C36H73NO7S. The van der Waals surface area contributed by atoms with Crippen LogP contribution in [0, 0.1) is 5.92 Å². The van der Waals surface area contributed by atoms with Crippen LogP contribution in [-0.2, 0) is 28.4 Å². The molecule has 0 spiro atoms. The molecule has 8 nitrogen and oxygen atoms in total. The SMILES string of the molecule is CCCCCCCCCCCCCCCC(=O)C(COS(=O)(=O)OCCO)C(=O)CCCCCCCCCCCCCCC.N. The number of unbranched alkanes of at least 4 members (excludes halogenated alkanes) is 24. The third-order valence-electron chi connectivity index (χ3n) is 8.53. The fraction of sp³-hybridized carbons (Fsp3) is 0.944. The Morgan fingerprint density at radius 3 is 1.09 bits per heavy atom. The molecule has 0 amide bonds. The average molecular weight is 664 g/mol. The van der Waals surface area contributed by atoms with Gasteiger partial charge < -0.3 is 11.3 Å². The lowest BCUT2D eigenvalue weighted by atomic mass is 9.92. The van der Waals surface area contributed by atoms with E-state index in [0.717, 1.165) is 38.5 Å². The molecule has 0 unspecified atom stereocenters. The minimum atomic E-state index is -4.37. The van der Waals surface area contributed by atoms with E-state index in [1.165, 1.54) is 116 Å². The van der Waals surface area contributed by atoms with E-state index in [4.69, 9.17) is 9.29 Å². The molecule has 0 aromatic rings. The van der Waals surface area contributed by atoms with Crippen LogP contribution in [0.25, 0.3) is 0 Å². The molecule has 0 aliphatic rings. The summed E-state index contributed by atoms with van der Waals surface area (Å²) in [6.45, 7) is 3.07. The van der Waals surface area contributed by atoms with Crippen molar-refractivity contribution in [2.45, 2.75) is 194 Å². The van der Waals surface area contributed by atoms with Crippen molar-refractivity contribution >= 4 is 22.0 Å². The number of ketones is 2. The lowest BCUT2D eigenvalue weighted by Gasteiger charge is -2.15. The Kier molecular flexibility index (Phi) is 35.4. The maximum atomic E-state index is 13.0. The maximum absolute atomic E-state index is 13.0. The van der Waals surface area contributed by atoms with E-state index in [9.17, 15) is 18.0 Å². The molecule has 45 heavy (non-hydrogen) atoms. The molecular weight excluding hydrogens is 590 g/mol. The highest BCUT2D eigenvalue weighted by Crippen LogP contribution is 2.18. The smallest absolute Gasteiger partial charge is 0.394 e. The van der Waals surface area contributed by atoms with Gasteiger partial charge in [0.1, 0.15) is 17.5 Å². The summed E-state index contributed by atoms with van der Waals surface area (Å²) in [6.07, 6.45) is 31.9. The minimum Gasteiger partial charge on any atom is -0.394 e. The lowest BCUT2D eigenvalue weighted by molar-refractivity contribution is -0.134. The van der Waals surface area contributed by atoms with Gasteiger partial charge in [-0.3, -0.25) is 9.59 Å². The van der Waals surface area contributed by atoms with Gasteiger partial charge in [0.15, 0.2) is 0 Å². The van der Waals surface area contributed by atoms with Crippen molar-refractivity contribution in [3.8, 4) is 0 Å². The van der Waals surface area contributed by atoms with E-state index in [0.29, 0.717) is 12.8 Å². The van der Waals surface area contributed by atoms with Gasteiger partial charge in [0, 0.05) is 12.8 Å². The van der Waals surface area contributed by atoms with Crippen LogP contribution in [0.3, 0.4) is 0 Å². The highest BCUT2D eigenvalue weighted by molar-refractivity contribution is 7.81. The summed E-state index contributed by atoms with van der Waals surface area (Å²) in [5, 5.41) is 8.83. The topological polar surface area (TPSA) is 142 Å². The van der Waals surface area contributed by atoms with Gasteiger partial charge in [0.05, 0.1) is 19.8 Å². The molecule has 0 atom stereocenters. The molecule has 0 radical (unpaired) electrons. The summed E-state index contributed by atoms with van der Waals surface area (Å²) < 4.78 is 33.3. The van der Waals surface area contributed by atoms with Gasteiger partial charge in [-0.1, -0.05) is 168 Å². The van der Waals surface area contributed by atoms with Crippen molar-refractivity contribution in [2.24, 2.45) is 5.92 Å². The Morgan fingerprint density at radius 1 is 0.511 bits per heavy atom. The maximum Gasteiger partial charge on any atom is 0.399 e. The van der Waals surface area contributed by atoms with Gasteiger partial charge in [-0.15, -0.1) is 0 Å². The van der Waals surface area contributed by atoms with Crippen molar-refractivity contribution < 1.29 is 31.5 Å². The number of hydrogen-bond acceptors (Lipinski definition) is 8. The van der Waals surface area contributed by atoms with Crippen molar-refractivity contribution in [3.05, 3.63) is 0 Å². The summed E-state index contributed by atoms with van der Waals surface area (Å²) in [7, 11) is -4.37. The lowest BCUT2D eigenvalue weighted by Crippen LogP contribution is -2.30. The Balaban J connectivity index is 0. The molecule has 0 heterocycles. The predicted octanol–water partition coefficient (Wildman–Crippen LogP) is 10.1. The number of Topliss-reactive ketones (excluding diaryl/α,β-unsaturated/α-hetero) is 2. The minimum absolute atomic E-state index is 0. The van der Waals surface area contributed by atoms with Crippen molar-refractivity contribution in [1.82, 2.24) is 6.15 Å². The third-order valence-corrected chi connectivity index (χ3v) is 9.41. The van der Waals surface area contributed by atoms with E-state index in [1.807, 2.05) is 0 Å². The first kappa shape index (κ1) is 46.2. The molecule has 270 valence electrons. The van der Waals surface area contributed by atoms with Crippen LogP contribution in [0.4, 0.5) is 0 Å². The van der Waals surface area contributed by atoms with E-state index in [1.54, 1.807) is 0 Å². The van der Waals surface area contributed by atoms with Crippen LogP contribution >= 0.6 is 0 Å². The van der Waals surface area contributed by atoms with Gasteiger partial charge in [0.25, 0.3) is 0 Å². The van der Waals surface area contributed by atoms with Crippen LogP contribution in [0.5, 0.6) is 0 Å². The first-order chi connectivity index (χ1) is 21.4. The van der Waals surface area contributed by atoms with Gasteiger partial charge in [0.2, 0.25) is 0 Å². The van der Waals surface area contributed by atoms with Gasteiger partial charge in [-0.05, 0) is 12.8 Å². The standard InChI is InChI=1S/C36H70O7S.H3N/c1-3-5-7-9-11-13-15-17-19-21-23-25-27-29-35(38)34(33-43-44(40,41)42-32-31-37)36(39)30-28-26-24-22-20-18-16-14-12-10-8-6-4-2;/h34,37H,3-33H2,1-2H3;1H3. The first-order valence-electron chi connectivity index (χ1n) is 18.6. The molecule has 0 saturated carbocycles. The first-order valence-corrected chi connectivity index (χ1v) is 19.9. The average Bonchev–Trinajstić information content (AvgIpc) is 3.00. The molecule has 4 N–H and O–H groups in total. The second-order valence-electron chi connectivity index (χ2n) is 12.7. The quantitative estimate of drug-likeness (QED) is 0.0498. The number of carbonyl (C=O) groups excluding carboxylic acids is 2. The molecule has 0 aliphatic heterocycles. The van der Waals surface area contributed by atoms with E-state index in [2.05, 4.69) is 18.0 Å². The monoisotopic (exact) mass is 664 g/mol. The molecule has 0 saturated heterocycles. The van der Waals surface area contributed by atoms with Crippen LogP contribution in [0.1, 0.15) is 194 Å².